The number of carbonyl (C=O) groups is 3. The first-order chi connectivity index (χ1) is 13.1. The van der Waals surface area contributed by atoms with E-state index in [0.29, 0.717) is 18.3 Å². The number of nitrogens with one attached hydrogen (secondary N) is 1. The van der Waals surface area contributed by atoms with Crippen LogP contribution in [-0.2, 0) is 19.1 Å². The lowest BCUT2D eigenvalue weighted by Crippen LogP contribution is -2.38. The quantitative estimate of drug-likeness (QED) is 0.326. The second kappa shape index (κ2) is 14.2. The average Bonchev–Trinajstić information content (AvgIpc) is 2.62. The predicted octanol–water partition coefficient (Wildman–Crippen LogP) is 4.59. The summed E-state index contributed by atoms with van der Waals surface area (Å²) in [6.07, 6.45) is 3.05. The second-order valence-corrected chi connectivity index (χ2v) is 8.11. The lowest BCUT2D eigenvalue weighted by atomic mass is 9.87. The highest BCUT2D eigenvalue weighted by Gasteiger charge is 2.25. The number of hydrogen-bond acceptors (Lipinski definition) is 5. The fraction of sp³-hybridized carbons (Fsp3) is 0.857. The van der Waals surface area contributed by atoms with Crippen molar-refractivity contribution in [3.8, 4) is 0 Å². The van der Waals surface area contributed by atoms with Gasteiger partial charge in [0.05, 0.1) is 5.92 Å². The number of ether oxygens (including phenoxy) is 2. The van der Waals surface area contributed by atoms with Crippen LogP contribution in [0.15, 0.2) is 0 Å². The van der Waals surface area contributed by atoms with E-state index < -0.39 is 30.2 Å². The lowest BCUT2D eigenvalue weighted by molar-refractivity contribution is -0.174. The van der Waals surface area contributed by atoms with Gasteiger partial charge in [-0.1, -0.05) is 67.2 Å². The predicted molar refractivity (Wildman–Crippen MR) is 108 cm³/mol. The van der Waals surface area contributed by atoms with E-state index in [1.54, 1.807) is 20.8 Å². The lowest BCUT2D eigenvalue weighted by Gasteiger charge is -2.23. The first-order valence-electron chi connectivity index (χ1n) is 10.5. The molecule has 7 nitrogen and oxygen atoms in total. The monoisotopic (exact) mass is 401 g/mol. The molecule has 28 heavy (non-hydrogen) atoms. The van der Waals surface area contributed by atoms with Crippen molar-refractivity contribution in [3.63, 3.8) is 0 Å². The number of esters is 1. The van der Waals surface area contributed by atoms with Crippen molar-refractivity contribution in [2.45, 2.75) is 86.4 Å². The fourth-order valence-electron chi connectivity index (χ4n) is 2.84. The van der Waals surface area contributed by atoms with Gasteiger partial charge in [0, 0.05) is 18.9 Å². The SMILES string of the molecule is CCC(=O)O[C@H](OC(=O)NC[C@H](C[C@@H](CC)CCCC(C)C)C(=O)O)C(C)C. The normalized spacial score (nSPS) is 14.4. The molecular weight excluding hydrogens is 362 g/mol. The standard InChI is InChI=1S/C21H39NO6/c1-7-16(11-9-10-14(3)4)12-17(19(24)25)13-22-21(26)28-20(15(5)6)27-18(23)8-2/h14-17,20H,7-13H2,1-6H3,(H,22,26)(H,24,25)/t16-,17-,20+/m0/s1. The van der Waals surface area contributed by atoms with E-state index in [-0.39, 0.29) is 18.9 Å². The van der Waals surface area contributed by atoms with Gasteiger partial charge in [-0.3, -0.25) is 9.59 Å². The zero-order chi connectivity index (χ0) is 21.7. The van der Waals surface area contributed by atoms with Crippen LogP contribution in [-0.4, -0.2) is 36.0 Å². The molecular formula is C21H39NO6. The van der Waals surface area contributed by atoms with E-state index in [9.17, 15) is 19.5 Å². The Morgan fingerprint density at radius 1 is 1.00 bits per heavy atom. The van der Waals surface area contributed by atoms with Crippen LogP contribution < -0.4 is 5.32 Å². The summed E-state index contributed by atoms with van der Waals surface area (Å²) in [5.74, 6) is -1.32. The molecule has 0 aliphatic rings. The van der Waals surface area contributed by atoms with Crippen molar-refractivity contribution in [2.24, 2.45) is 23.7 Å². The Bertz CT molecular complexity index is 478. The summed E-state index contributed by atoms with van der Waals surface area (Å²) in [5.41, 5.74) is 0. The summed E-state index contributed by atoms with van der Waals surface area (Å²) in [7, 11) is 0. The van der Waals surface area contributed by atoms with Gasteiger partial charge in [-0.25, -0.2) is 4.79 Å². The summed E-state index contributed by atoms with van der Waals surface area (Å²) in [6.45, 7) is 11.6. The minimum Gasteiger partial charge on any atom is -0.481 e. The van der Waals surface area contributed by atoms with Gasteiger partial charge < -0.3 is 19.9 Å². The maximum atomic E-state index is 12.0. The summed E-state index contributed by atoms with van der Waals surface area (Å²) in [5, 5.41) is 12.0. The van der Waals surface area contributed by atoms with E-state index in [1.807, 2.05) is 0 Å². The number of carboxylic acid groups (broad SMARTS) is 1. The third-order valence-electron chi connectivity index (χ3n) is 4.73. The molecule has 7 heteroatoms. The summed E-state index contributed by atoms with van der Waals surface area (Å²) < 4.78 is 10.2. The third-order valence-corrected chi connectivity index (χ3v) is 4.73. The zero-order valence-corrected chi connectivity index (χ0v) is 18.3. The summed E-state index contributed by atoms with van der Waals surface area (Å²) in [4.78, 5) is 35.1. The molecule has 0 saturated carbocycles. The Balaban J connectivity index is 4.60. The van der Waals surface area contributed by atoms with Crippen molar-refractivity contribution in [1.29, 1.82) is 0 Å². The molecule has 0 unspecified atom stereocenters. The van der Waals surface area contributed by atoms with Crippen molar-refractivity contribution < 1.29 is 29.0 Å². The number of hydrogen-bond donors (Lipinski definition) is 2. The molecule has 0 aromatic carbocycles. The topological polar surface area (TPSA) is 102 Å². The Hall–Kier alpha value is -1.79. The van der Waals surface area contributed by atoms with Gasteiger partial charge in [0.25, 0.3) is 6.29 Å². The van der Waals surface area contributed by atoms with E-state index in [0.717, 1.165) is 25.7 Å². The summed E-state index contributed by atoms with van der Waals surface area (Å²) in [6, 6.07) is 0. The Morgan fingerprint density at radius 2 is 1.64 bits per heavy atom. The highest BCUT2D eigenvalue weighted by atomic mass is 16.7. The number of aliphatic carboxylic acids is 1. The Labute approximate surface area is 169 Å². The Morgan fingerprint density at radius 3 is 2.11 bits per heavy atom. The molecule has 0 bridgehead atoms. The van der Waals surface area contributed by atoms with E-state index >= 15 is 0 Å². The molecule has 3 atom stereocenters. The van der Waals surface area contributed by atoms with E-state index in [4.69, 9.17) is 9.47 Å². The highest BCUT2D eigenvalue weighted by molar-refractivity contribution is 5.73. The first-order valence-corrected chi connectivity index (χ1v) is 10.5. The van der Waals surface area contributed by atoms with Crippen LogP contribution in [0.1, 0.15) is 80.1 Å². The van der Waals surface area contributed by atoms with Gasteiger partial charge in [0.1, 0.15) is 0 Å². The van der Waals surface area contributed by atoms with Crippen LogP contribution >= 0.6 is 0 Å². The van der Waals surface area contributed by atoms with Gasteiger partial charge in [-0.2, -0.15) is 0 Å². The molecule has 0 aliphatic heterocycles. The van der Waals surface area contributed by atoms with Crippen molar-refractivity contribution in [3.05, 3.63) is 0 Å². The van der Waals surface area contributed by atoms with Crippen LogP contribution in [0.3, 0.4) is 0 Å². The minimum absolute atomic E-state index is 0.0125. The second-order valence-electron chi connectivity index (χ2n) is 8.11. The molecule has 0 fully saturated rings. The maximum absolute atomic E-state index is 12.0. The minimum atomic E-state index is -0.991. The van der Waals surface area contributed by atoms with Crippen LogP contribution in [0.4, 0.5) is 4.79 Å². The molecule has 0 saturated heterocycles. The highest BCUT2D eigenvalue weighted by Crippen LogP contribution is 2.23. The van der Waals surface area contributed by atoms with E-state index in [1.165, 1.54) is 0 Å². The van der Waals surface area contributed by atoms with Crippen LogP contribution in [0.5, 0.6) is 0 Å². The molecule has 0 aromatic heterocycles. The fourth-order valence-corrected chi connectivity index (χ4v) is 2.84. The van der Waals surface area contributed by atoms with Gasteiger partial charge in [0.15, 0.2) is 0 Å². The molecule has 2 N–H and O–H groups in total. The number of carbonyl (C=O) groups excluding carboxylic acids is 2. The molecule has 0 spiro atoms. The molecule has 0 radical (unpaired) electrons. The van der Waals surface area contributed by atoms with Gasteiger partial charge in [0.2, 0.25) is 0 Å². The largest absolute Gasteiger partial charge is 0.481 e. The smallest absolute Gasteiger partial charge is 0.410 e. The van der Waals surface area contributed by atoms with Crippen LogP contribution in [0.25, 0.3) is 0 Å². The summed E-state index contributed by atoms with van der Waals surface area (Å²) >= 11 is 0. The van der Waals surface area contributed by atoms with Gasteiger partial charge in [-0.05, 0) is 18.3 Å². The third kappa shape index (κ3) is 11.8. The maximum Gasteiger partial charge on any atom is 0.410 e. The Kier molecular flexibility index (Phi) is 13.3. The molecule has 164 valence electrons. The molecule has 0 aliphatic carbocycles. The van der Waals surface area contributed by atoms with E-state index in [2.05, 4.69) is 26.1 Å². The number of rotatable bonds is 14. The molecule has 0 rings (SSSR count). The molecule has 1 amide bonds. The zero-order valence-electron chi connectivity index (χ0n) is 18.3. The number of alkyl carbamates (subject to hydrolysis) is 1. The van der Waals surface area contributed by atoms with Crippen LogP contribution in [0.2, 0.25) is 0 Å². The molecule has 0 heterocycles. The number of amides is 1. The number of carboxylic acids is 1. The first kappa shape index (κ1) is 26.2. The van der Waals surface area contributed by atoms with Gasteiger partial charge in [-0.15, -0.1) is 0 Å². The van der Waals surface area contributed by atoms with Crippen molar-refractivity contribution in [2.75, 3.05) is 6.54 Å². The van der Waals surface area contributed by atoms with Gasteiger partial charge >= 0.3 is 18.0 Å². The molecule has 0 aromatic rings. The van der Waals surface area contributed by atoms with Crippen molar-refractivity contribution in [1.82, 2.24) is 5.32 Å². The average molecular weight is 402 g/mol. The van der Waals surface area contributed by atoms with Crippen LogP contribution in [0, 0.1) is 23.7 Å². The van der Waals surface area contributed by atoms with Crippen molar-refractivity contribution >= 4 is 18.0 Å².